The number of aromatic amines is 1. The van der Waals surface area contributed by atoms with Gasteiger partial charge in [-0.25, -0.2) is 0 Å². The zero-order valence-electron chi connectivity index (χ0n) is 17.2. The Hall–Kier alpha value is -3.48. The van der Waals surface area contributed by atoms with Crippen LogP contribution in [-0.4, -0.2) is 16.1 Å². The highest BCUT2D eigenvalue weighted by atomic mass is 35.5. The molecular formula is C24H20Cl2N4O2. The van der Waals surface area contributed by atoms with Gasteiger partial charge in [0.2, 0.25) is 5.91 Å². The number of H-pyrrole nitrogens is 1. The molecule has 0 aliphatic rings. The van der Waals surface area contributed by atoms with E-state index in [9.17, 15) is 4.79 Å². The topological polar surface area (TPSA) is 79.0 Å². The highest BCUT2D eigenvalue weighted by molar-refractivity contribution is 6.36. The molecule has 1 amide bonds. The molecule has 8 heteroatoms. The molecule has 4 rings (SSSR count). The molecule has 0 saturated carbocycles. The molecule has 1 heterocycles. The molecule has 32 heavy (non-hydrogen) atoms. The summed E-state index contributed by atoms with van der Waals surface area (Å²) in [5.41, 5.74) is 2.87. The Bertz CT molecular complexity index is 1280. The van der Waals surface area contributed by atoms with Gasteiger partial charge in [-0.3, -0.25) is 9.89 Å². The van der Waals surface area contributed by atoms with Crippen molar-refractivity contribution in [1.82, 2.24) is 10.2 Å². The smallest absolute Gasteiger partial charge is 0.247 e. The van der Waals surface area contributed by atoms with Crippen molar-refractivity contribution in [3.8, 4) is 5.75 Å². The molecule has 0 aliphatic carbocycles. The second kappa shape index (κ2) is 9.34. The first-order valence-corrected chi connectivity index (χ1v) is 10.6. The van der Waals surface area contributed by atoms with Crippen LogP contribution in [0.15, 0.2) is 73.3 Å². The second-order valence-electron chi connectivity index (χ2n) is 7.04. The van der Waals surface area contributed by atoms with Crippen LogP contribution < -0.4 is 15.4 Å². The molecule has 0 spiro atoms. The fraction of sp³-hybridized carbons (Fsp3) is 0.0833. The number of ether oxygens (including phenoxy) is 1. The van der Waals surface area contributed by atoms with E-state index < -0.39 is 0 Å². The van der Waals surface area contributed by atoms with Crippen LogP contribution in [0, 0.1) is 0 Å². The lowest BCUT2D eigenvalue weighted by Gasteiger charge is -2.18. The van der Waals surface area contributed by atoms with Crippen LogP contribution in [0.5, 0.6) is 5.75 Å². The van der Waals surface area contributed by atoms with E-state index in [0.717, 1.165) is 16.5 Å². The number of nitrogens with one attached hydrogen (secondary N) is 3. The number of hydrogen-bond acceptors (Lipinski definition) is 4. The van der Waals surface area contributed by atoms with Crippen LogP contribution in [0.4, 0.5) is 17.2 Å². The first kappa shape index (κ1) is 21.7. The first-order chi connectivity index (χ1) is 15.5. The maximum Gasteiger partial charge on any atom is 0.247 e. The number of carbonyl (C=O) groups is 1. The van der Waals surface area contributed by atoms with E-state index in [-0.39, 0.29) is 12.0 Å². The molecule has 1 aromatic heterocycles. The average molecular weight is 467 g/mol. The number of benzene rings is 3. The van der Waals surface area contributed by atoms with Crippen LogP contribution in [-0.2, 0) is 4.79 Å². The van der Waals surface area contributed by atoms with Crippen LogP contribution in [0.1, 0.15) is 18.6 Å². The van der Waals surface area contributed by atoms with Gasteiger partial charge in [0.25, 0.3) is 0 Å². The molecule has 0 saturated heterocycles. The predicted octanol–water partition coefficient (Wildman–Crippen LogP) is 6.88. The fourth-order valence-corrected chi connectivity index (χ4v) is 4.04. The Morgan fingerprint density at radius 3 is 2.53 bits per heavy atom. The van der Waals surface area contributed by atoms with Crippen molar-refractivity contribution >= 4 is 57.2 Å². The lowest BCUT2D eigenvalue weighted by Crippen LogP contribution is -2.09. The van der Waals surface area contributed by atoms with E-state index in [4.69, 9.17) is 27.9 Å². The van der Waals surface area contributed by atoms with Gasteiger partial charge < -0.3 is 15.4 Å². The summed E-state index contributed by atoms with van der Waals surface area (Å²) < 4.78 is 6.13. The summed E-state index contributed by atoms with van der Waals surface area (Å²) in [4.78, 5) is 11.7. The number of para-hydroxylation sites is 2. The molecule has 0 radical (unpaired) electrons. The average Bonchev–Trinajstić information content (AvgIpc) is 3.17. The minimum absolute atomic E-state index is 0.297. The molecule has 0 fully saturated rings. The number of rotatable bonds is 7. The highest BCUT2D eigenvalue weighted by Gasteiger charge is 2.16. The van der Waals surface area contributed by atoms with Crippen molar-refractivity contribution in [2.75, 3.05) is 10.6 Å². The molecule has 1 unspecified atom stereocenters. The van der Waals surface area contributed by atoms with E-state index in [1.807, 2.05) is 43.3 Å². The van der Waals surface area contributed by atoms with Gasteiger partial charge in [0.05, 0.1) is 16.9 Å². The summed E-state index contributed by atoms with van der Waals surface area (Å²) >= 11 is 12.6. The van der Waals surface area contributed by atoms with E-state index in [1.54, 1.807) is 24.3 Å². The maximum absolute atomic E-state index is 11.7. The Labute approximate surface area is 195 Å². The van der Waals surface area contributed by atoms with E-state index >= 15 is 0 Å². The lowest BCUT2D eigenvalue weighted by molar-refractivity contribution is -0.111. The molecule has 162 valence electrons. The summed E-state index contributed by atoms with van der Waals surface area (Å²) in [6, 6.07) is 18.3. The second-order valence-corrected chi connectivity index (χ2v) is 7.85. The first-order valence-electron chi connectivity index (χ1n) is 9.84. The van der Waals surface area contributed by atoms with Crippen LogP contribution >= 0.6 is 23.2 Å². The van der Waals surface area contributed by atoms with Crippen molar-refractivity contribution in [2.45, 2.75) is 13.0 Å². The number of hydrogen-bond donors (Lipinski definition) is 3. The Morgan fingerprint density at radius 1 is 1.09 bits per heavy atom. The van der Waals surface area contributed by atoms with Crippen LogP contribution in [0.2, 0.25) is 10.0 Å². The summed E-state index contributed by atoms with van der Waals surface area (Å²) in [6.45, 7) is 5.38. The van der Waals surface area contributed by atoms with E-state index in [0.29, 0.717) is 33.0 Å². The van der Waals surface area contributed by atoms with Gasteiger partial charge in [-0.15, -0.1) is 0 Å². The fourth-order valence-electron chi connectivity index (χ4n) is 3.34. The van der Waals surface area contributed by atoms with Gasteiger partial charge in [-0.05, 0) is 55.5 Å². The molecular weight excluding hydrogens is 447 g/mol. The van der Waals surface area contributed by atoms with Gasteiger partial charge in [0.1, 0.15) is 11.9 Å². The van der Waals surface area contributed by atoms with Crippen molar-refractivity contribution in [3.63, 3.8) is 0 Å². The minimum Gasteiger partial charge on any atom is -0.486 e. The summed E-state index contributed by atoms with van der Waals surface area (Å²) in [5.74, 6) is 0.932. The van der Waals surface area contributed by atoms with Crippen LogP contribution in [0.3, 0.4) is 0 Å². The van der Waals surface area contributed by atoms with Crippen molar-refractivity contribution in [3.05, 3.63) is 88.9 Å². The maximum atomic E-state index is 11.7. The Balaban J connectivity index is 1.62. The molecule has 0 bridgehead atoms. The number of anilines is 3. The Kier molecular flexibility index (Phi) is 6.35. The molecule has 3 N–H and O–H groups in total. The number of nitrogens with zero attached hydrogens (tertiary/aromatic N) is 1. The Morgan fingerprint density at radius 2 is 1.81 bits per heavy atom. The van der Waals surface area contributed by atoms with E-state index in [1.165, 1.54) is 6.08 Å². The van der Waals surface area contributed by atoms with Gasteiger partial charge in [0, 0.05) is 21.0 Å². The number of halogens is 2. The van der Waals surface area contributed by atoms with E-state index in [2.05, 4.69) is 27.4 Å². The SMILES string of the molecule is C=CC(=O)Nc1ccccc1Nc1n[nH]c2ccc(OC(C)c3c(Cl)cccc3Cl)cc12. The van der Waals surface area contributed by atoms with Gasteiger partial charge in [0.15, 0.2) is 5.82 Å². The lowest BCUT2D eigenvalue weighted by atomic mass is 10.1. The zero-order valence-corrected chi connectivity index (χ0v) is 18.7. The molecule has 6 nitrogen and oxygen atoms in total. The summed E-state index contributed by atoms with van der Waals surface area (Å²) in [7, 11) is 0. The summed E-state index contributed by atoms with van der Waals surface area (Å²) in [6.07, 6.45) is 0.864. The minimum atomic E-state index is -0.355. The molecule has 1 atom stereocenters. The van der Waals surface area contributed by atoms with Gasteiger partial charge in [-0.1, -0.05) is 48.0 Å². The third-order valence-corrected chi connectivity index (χ3v) is 5.54. The number of aromatic nitrogens is 2. The third-order valence-electron chi connectivity index (χ3n) is 4.88. The van der Waals surface area contributed by atoms with Crippen LogP contribution in [0.25, 0.3) is 10.9 Å². The monoisotopic (exact) mass is 466 g/mol. The highest BCUT2D eigenvalue weighted by Crippen LogP contribution is 2.35. The van der Waals surface area contributed by atoms with Crippen molar-refractivity contribution in [1.29, 1.82) is 0 Å². The molecule has 3 aromatic carbocycles. The normalized spacial score (nSPS) is 11.7. The van der Waals surface area contributed by atoms with Crippen molar-refractivity contribution < 1.29 is 9.53 Å². The number of fused-ring (bicyclic) bond motifs is 1. The zero-order chi connectivity index (χ0) is 22.7. The summed E-state index contributed by atoms with van der Waals surface area (Å²) in [5, 5.41) is 15.3. The standard InChI is InChI=1S/C24H20Cl2N4O2/c1-3-22(31)27-20-9-4-5-10-21(20)28-24-16-13-15(11-12-19(16)29-30-24)32-14(2)23-17(25)7-6-8-18(23)26/h3-14H,1H2,2H3,(H,27,31)(H2,28,29,30). The number of amides is 1. The largest absolute Gasteiger partial charge is 0.486 e. The van der Waals surface area contributed by atoms with Crippen molar-refractivity contribution in [2.24, 2.45) is 0 Å². The van der Waals surface area contributed by atoms with Gasteiger partial charge in [-0.2, -0.15) is 5.10 Å². The quantitative estimate of drug-likeness (QED) is 0.259. The number of carbonyl (C=O) groups excluding carboxylic acids is 1. The molecule has 0 aliphatic heterocycles. The predicted molar refractivity (Wildman–Crippen MR) is 130 cm³/mol. The molecule has 4 aromatic rings. The third kappa shape index (κ3) is 4.56. The van der Waals surface area contributed by atoms with Gasteiger partial charge >= 0.3 is 0 Å².